The van der Waals surface area contributed by atoms with Gasteiger partial charge < -0.3 is 15.5 Å². The Labute approximate surface area is 194 Å². The highest BCUT2D eigenvalue weighted by atomic mass is 16.2. The minimum atomic E-state index is -1.08. The number of benzene rings is 1. The quantitative estimate of drug-likeness (QED) is 0.727. The summed E-state index contributed by atoms with van der Waals surface area (Å²) in [5, 5.41) is 10.3. The van der Waals surface area contributed by atoms with Crippen molar-refractivity contribution in [3.05, 3.63) is 47.3 Å². The van der Waals surface area contributed by atoms with Crippen molar-refractivity contribution in [2.45, 2.75) is 76.9 Å². The van der Waals surface area contributed by atoms with Gasteiger partial charge in [0, 0.05) is 24.8 Å². The molecule has 1 fully saturated rings. The van der Waals surface area contributed by atoms with Crippen LogP contribution in [0.5, 0.6) is 0 Å². The summed E-state index contributed by atoms with van der Waals surface area (Å²) in [6.45, 7) is 6.17. The highest BCUT2D eigenvalue weighted by Gasteiger charge is 2.46. The molecular weight excluding hydrogens is 418 g/mol. The summed E-state index contributed by atoms with van der Waals surface area (Å²) >= 11 is 0. The zero-order valence-corrected chi connectivity index (χ0v) is 19.9. The standard InChI is InChI=1S/C25H33N5O3/c1-16(2)17-10-12-19(13-11-17)26-22(31)20-14-21-23(32)29(4)25(3,15-30(21)28-20)24(33)27-18-8-6-5-7-9-18/h10-14,16,18H,5-9,15H2,1-4H3,(H,26,31)(H,27,33). The molecule has 8 heteroatoms. The molecule has 0 spiro atoms. The fourth-order valence-electron chi connectivity index (χ4n) is 4.57. The monoisotopic (exact) mass is 451 g/mol. The Morgan fingerprint density at radius 2 is 1.79 bits per heavy atom. The molecule has 2 aliphatic rings. The fraction of sp³-hybridized carbons (Fsp3) is 0.520. The minimum Gasteiger partial charge on any atom is -0.351 e. The van der Waals surface area contributed by atoms with Crippen molar-refractivity contribution in [2.75, 3.05) is 12.4 Å². The summed E-state index contributed by atoms with van der Waals surface area (Å²) in [6, 6.07) is 9.31. The van der Waals surface area contributed by atoms with Gasteiger partial charge >= 0.3 is 0 Å². The van der Waals surface area contributed by atoms with Gasteiger partial charge in [0.25, 0.3) is 11.8 Å². The van der Waals surface area contributed by atoms with E-state index in [1.54, 1.807) is 14.0 Å². The van der Waals surface area contributed by atoms with Crippen LogP contribution < -0.4 is 10.6 Å². The number of hydrogen-bond acceptors (Lipinski definition) is 4. The Hall–Kier alpha value is -3.16. The van der Waals surface area contributed by atoms with Crippen LogP contribution in [-0.2, 0) is 11.3 Å². The van der Waals surface area contributed by atoms with Crippen LogP contribution in [0.3, 0.4) is 0 Å². The van der Waals surface area contributed by atoms with Crippen LogP contribution in [0, 0.1) is 0 Å². The molecule has 1 aromatic carbocycles. The van der Waals surface area contributed by atoms with Crippen LogP contribution in [-0.4, -0.2) is 51.0 Å². The van der Waals surface area contributed by atoms with E-state index in [-0.39, 0.29) is 30.1 Å². The van der Waals surface area contributed by atoms with Crippen molar-refractivity contribution in [3.63, 3.8) is 0 Å². The maximum atomic E-state index is 13.2. The molecule has 1 aliphatic heterocycles. The second-order valence-corrected chi connectivity index (χ2v) is 9.75. The summed E-state index contributed by atoms with van der Waals surface area (Å²) in [5.41, 5.74) is 1.23. The van der Waals surface area contributed by atoms with Crippen molar-refractivity contribution in [1.29, 1.82) is 0 Å². The molecule has 2 aromatic rings. The van der Waals surface area contributed by atoms with Crippen molar-refractivity contribution in [1.82, 2.24) is 20.0 Å². The zero-order valence-electron chi connectivity index (χ0n) is 19.9. The van der Waals surface area contributed by atoms with E-state index in [2.05, 4.69) is 29.6 Å². The minimum absolute atomic E-state index is 0.147. The molecule has 0 saturated heterocycles. The van der Waals surface area contributed by atoms with Crippen LogP contribution >= 0.6 is 0 Å². The van der Waals surface area contributed by atoms with Gasteiger partial charge in [-0.05, 0) is 43.4 Å². The lowest BCUT2D eigenvalue weighted by Crippen LogP contribution is -2.63. The van der Waals surface area contributed by atoms with E-state index in [4.69, 9.17) is 0 Å². The second kappa shape index (κ2) is 9.00. The second-order valence-electron chi connectivity index (χ2n) is 9.75. The molecule has 2 heterocycles. The average molecular weight is 452 g/mol. The Bertz CT molecular complexity index is 1050. The number of carbonyl (C=O) groups excluding carboxylic acids is 3. The number of nitrogens with zero attached hydrogens (tertiary/aromatic N) is 3. The van der Waals surface area contributed by atoms with Gasteiger partial charge in [0.05, 0.1) is 6.54 Å². The third kappa shape index (κ3) is 4.51. The van der Waals surface area contributed by atoms with E-state index in [9.17, 15) is 14.4 Å². The number of rotatable bonds is 5. The molecule has 0 bridgehead atoms. The van der Waals surface area contributed by atoms with Crippen LogP contribution in [0.2, 0.25) is 0 Å². The Balaban J connectivity index is 1.50. The molecule has 1 unspecified atom stereocenters. The molecule has 176 valence electrons. The number of likely N-dealkylation sites (N-methyl/N-ethyl adjacent to an activating group) is 1. The maximum absolute atomic E-state index is 13.2. The number of fused-ring (bicyclic) bond motifs is 1. The van der Waals surface area contributed by atoms with Crippen LogP contribution in [0.4, 0.5) is 5.69 Å². The summed E-state index contributed by atoms with van der Waals surface area (Å²) in [5.74, 6) is -0.488. The average Bonchev–Trinajstić information content (AvgIpc) is 3.22. The normalized spacial score (nSPS) is 21.1. The molecule has 1 aromatic heterocycles. The van der Waals surface area contributed by atoms with E-state index in [0.717, 1.165) is 25.7 Å². The predicted molar refractivity (Wildman–Crippen MR) is 126 cm³/mol. The lowest BCUT2D eigenvalue weighted by atomic mass is 9.92. The number of aromatic nitrogens is 2. The molecule has 0 radical (unpaired) electrons. The van der Waals surface area contributed by atoms with E-state index in [1.165, 1.54) is 27.6 Å². The SMILES string of the molecule is CC(C)c1ccc(NC(=O)c2cc3n(n2)CC(C)(C(=O)NC2CCCCC2)N(C)C3=O)cc1. The first-order valence-electron chi connectivity index (χ1n) is 11.8. The summed E-state index contributed by atoms with van der Waals surface area (Å²) in [4.78, 5) is 40.5. The van der Waals surface area contributed by atoms with E-state index < -0.39 is 11.4 Å². The predicted octanol–water partition coefficient (Wildman–Crippen LogP) is 3.55. The zero-order chi connectivity index (χ0) is 23.8. The van der Waals surface area contributed by atoms with Crippen molar-refractivity contribution >= 4 is 23.4 Å². The highest BCUT2D eigenvalue weighted by Crippen LogP contribution is 2.27. The fourth-order valence-corrected chi connectivity index (χ4v) is 4.57. The maximum Gasteiger partial charge on any atom is 0.276 e. The molecule has 2 N–H and O–H groups in total. The van der Waals surface area contributed by atoms with Crippen molar-refractivity contribution in [2.24, 2.45) is 0 Å². The third-order valence-electron chi connectivity index (χ3n) is 7.00. The Morgan fingerprint density at radius 1 is 1.12 bits per heavy atom. The molecule has 3 amide bonds. The van der Waals surface area contributed by atoms with E-state index >= 15 is 0 Å². The van der Waals surface area contributed by atoms with Crippen LogP contribution in [0.15, 0.2) is 30.3 Å². The first-order valence-corrected chi connectivity index (χ1v) is 11.8. The van der Waals surface area contributed by atoms with Gasteiger partial charge in [-0.2, -0.15) is 5.10 Å². The van der Waals surface area contributed by atoms with E-state index in [1.807, 2.05) is 24.3 Å². The first-order chi connectivity index (χ1) is 15.7. The summed E-state index contributed by atoms with van der Waals surface area (Å²) < 4.78 is 1.49. The van der Waals surface area contributed by atoms with E-state index in [0.29, 0.717) is 17.3 Å². The van der Waals surface area contributed by atoms with Gasteiger partial charge in [0.2, 0.25) is 5.91 Å². The number of amides is 3. The molecular formula is C25H33N5O3. The third-order valence-corrected chi connectivity index (χ3v) is 7.00. The van der Waals surface area contributed by atoms with Gasteiger partial charge in [-0.15, -0.1) is 0 Å². The van der Waals surface area contributed by atoms with Gasteiger partial charge in [-0.1, -0.05) is 45.2 Å². The largest absolute Gasteiger partial charge is 0.351 e. The highest BCUT2D eigenvalue weighted by molar-refractivity contribution is 6.05. The molecule has 1 atom stereocenters. The van der Waals surface area contributed by atoms with Gasteiger partial charge in [0.15, 0.2) is 5.69 Å². The number of nitrogens with one attached hydrogen (secondary N) is 2. The molecule has 8 nitrogen and oxygen atoms in total. The van der Waals surface area contributed by atoms with Gasteiger partial charge in [-0.3, -0.25) is 19.1 Å². The summed E-state index contributed by atoms with van der Waals surface area (Å²) in [7, 11) is 1.63. The smallest absolute Gasteiger partial charge is 0.276 e. The van der Waals surface area contributed by atoms with Crippen LogP contribution in [0.25, 0.3) is 0 Å². The lowest BCUT2D eigenvalue weighted by Gasteiger charge is -2.41. The molecule has 1 saturated carbocycles. The lowest BCUT2D eigenvalue weighted by molar-refractivity contribution is -0.133. The number of carbonyl (C=O) groups is 3. The number of hydrogen-bond donors (Lipinski definition) is 2. The number of anilines is 1. The molecule has 1 aliphatic carbocycles. The Morgan fingerprint density at radius 3 is 2.42 bits per heavy atom. The Kier molecular flexibility index (Phi) is 6.28. The summed E-state index contributed by atoms with van der Waals surface area (Å²) in [6.07, 6.45) is 5.35. The molecule has 33 heavy (non-hydrogen) atoms. The van der Waals surface area contributed by atoms with Gasteiger partial charge in [0.1, 0.15) is 11.2 Å². The molecule has 4 rings (SSSR count). The van der Waals surface area contributed by atoms with Crippen LogP contribution in [0.1, 0.15) is 85.3 Å². The topological polar surface area (TPSA) is 96.3 Å². The van der Waals surface area contributed by atoms with Gasteiger partial charge in [-0.25, -0.2) is 0 Å². The first kappa shape index (κ1) is 23.0. The van der Waals surface area contributed by atoms with Crippen molar-refractivity contribution < 1.29 is 14.4 Å². The van der Waals surface area contributed by atoms with Crippen molar-refractivity contribution in [3.8, 4) is 0 Å².